The summed E-state index contributed by atoms with van der Waals surface area (Å²) in [7, 11) is -4.08. The topological polar surface area (TPSA) is 101 Å². The molecule has 0 saturated heterocycles. The van der Waals surface area contributed by atoms with Gasteiger partial charge in [-0.25, -0.2) is 17.2 Å². The van der Waals surface area contributed by atoms with Crippen molar-refractivity contribution >= 4 is 21.6 Å². The summed E-state index contributed by atoms with van der Waals surface area (Å²) in [5, 5.41) is 2.75. The molecule has 144 valence electrons. The average molecular weight is 395 g/mol. The first-order chi connectivity index (χ1) is 12.8. The zero-order valence-corrected chi connectivity index (χ0v) is 15.1. The molecule has 27 heavy (non-hydrogen) atoms. The van der Waals surface area contributed by atoms with E-state index in [4.69, 9.17) is 5.73 Å². The second-order valence-electron chi connectivity index (χ2n) is 6.47. The van der Waals surface area contributed by atoms with Gasteiger partial charge in [-0.1, -0.05) is 0 Å². The Hall–Kier alpha value is -2.52. The standard InChI is InChI=1S/C18H19F2N3O3S/c19-15-8-7-14(9-16(15)20)27(25,26)23-13-5-3-12(4-6-13)18(24)22-10-17(21)11-1-2-11/h3-9,11,17,23H,1-2,10,21H2,(H,22,24). The minimum absolute atomic E-state index is 0.0591. The molecule has 1 fully saturated rings. The van der Waals surface area contributed by atoms with Crippen LogP contribution in [-0.4, -0.2) is 26.9 Å². The van der Waals surface area contributed by atoms with E-state index in [9.17, 15) is 22.0 Å². The molecule has 2 aromatic rings. The number of nitrogens with one attached hydrogen (secondary N) is 2. The van der Waals surface area contributed by atoms with Gasteiger partial charge < -0.3 is 11.1 Å². The van der Waals surface area contributed by atoms with Gasteiger partial charge in [-0.2, -0.15) is 0 Å². The number of carbonyl (C=O) groups is 1. The van der Waals surface area contributed by atoms with Crippen LogP contribution in [0.25, 0.3) is 0 Å². The molecule has 1 aliphatic rings. The van der Waals surface area contributed by atoms with E-state index in [0.29, 0.717) is 24.1 Å². The number of nitrogens with two attached hydrogens (primary N) is 1. The third kappa shape index (κ3) is 4.81. The molecule has 4 N–H and O–H groups in total. The summed E-state index contributed by atoms with van der Waals surface area (Å²) in [6.45, 7) is 0.383. The van der Waals surface area contributed by atoms with Gasteiger partial charge in [0.15, 0.2) is 11.6 Å². The average Bonchev–Trinajstić information content (AvgIpc) is 3.47. The Morgan fingerprint density at radius 3 is 2.37 bits per heavy atom. The van der Waals surface area contributed by atoms with Crippen molar-refractivity contribution in [3.05, 3.63) is 59.7 Å². The first kappa shape index (κ1) is 19.2. The summed E-state index contributed by atoms with van der Waals surface area (Å²) in [6.07, 6.45) is 2.17. The van der Waals surface area contributed by atoms with Crippen LogP contribution in [0.1, 0.15) is 23.2 Å². The second kappa shape index (κ2) is 7.61. The minimum atomic E-state index is -4.08. The molecule has 1 unspecified atom stereocenters. The van der Waals surface area contributed by atoms with Gasteiger partial charge in [0, 0.05) is 23.8 Å². The highest BCUT2D eigenvalue weighted by Crippen LogP contribution is 2.31. The summed E-state index contributed by atoms with van der Waals surface area (Å²) in [5.41, 5.74) is 6.47. The zero-order valence-electron chi connectivity index (χ0n) is 14.3. The largest absolute Gasteiger partial charge is 0.350 e. The van der Waals surface area contributed by atoms with E-state index < -0.39 is 26.6 Å². The Morgan fingerprint density at radius 2 is 1.78 bits per heavy atom. The van der Waals surface area contributed by atoms with Crippen LogP contribution in [0, 0.1) is 17.6 Å². The normalized spacial score (nSPS) is 15.2. The van der Waals surface area contributed by atoms with Crippen molar-refractivity contribution in [1.29, 1.82) is 0 Å². The summed E-state index contributed by atoms with van der Waals surface area (Å²) in [4.78, 5) is 11.7. The molecule has 2 aromatic carbocycles. The van der Waals surface area contributed by atoms with Gasteiger partial charge >= 0.3 is 0 Å². The smallest absolute Gasteiger partial charge is 0.261 e. The summed E-state index contributed by atoms with van der Waals surface area (Å²) in [5.74, 6) is -2.22. The third-order valence-corrected chi connectivity index (χ3v) is 5.71. The predicted molar refractivity (Wildman–Crippen MR) is 96.6 cm³/mol. The molecule has 9 heteroatoms. The number of benzene rings is 2. The maximum Gasteiger partial charge on any atom is 0.261 e. The molecule has 0 bridgehead atoms. The second-order valence-corrected chi connectivity index (χ2v) is 8.15. The molecule has 1 saturated carbocycles. The van der Waals surface area contributed by atoms with Crippen molar-refractivity contribution in [2.45, 2.75) is 23.8 Å². The number of hydrogen-bond acceptors (Lipinski definition) is 4. The van der Waals surface area contributed by atoms with Crippen molar-refractivity contribution in [3.63, 3.8) is 0 Å². The molecule has 0 radical (unpaired) electrons. The van der Waals surface area contributed by atoms with E-state index in [1.165, 1.54) is 24.3 Å². The lowest BCUT2D eigenvalue weighted by Crippen LogP contribution is -2.38. The Bertz CT molecular complexity index is 945. The van der Waals surface area contributed by atoms with Gasteiger partial charge in [-0.3, -0.25) is 9.52 Å². The van der Waals surface area contributed by atoms with Gasteiger partial charge in [-0.05, 0) is 61.2 Å². The van der Waals surface area contributed by atoms with Crippen molar-refractivity contribution in [2.75, 3.05) is 11.3 Å². The number of amides is 1. The minimum Gasteiger partial charge on any atom is -0.350 e. The van der Waals surface area contributed by atoms with E-state index in [1.807, 2.05) is 0 Å². The van der Waals surface area contributed by atoms with Crippen LogP contribution in [-0.2, 0) is 10.0 Å². The maximum atomic E-state index is 13.3. The van der Waals surface area contributed by atoms with Gasteiger partial charge in [0.2, 0.25) is 0 Å². The van der Waals surface area contributed by atoms with Crippen LogP contribution in [0.5, 0.6) is 0 Å². The highest BCUT2D eigenvalue weighted by atomic mass is 32.2. The maximum absolute atomic E-state index is 13.3. The molecule has 0 heterocycles. The van der Waals surface area contributed by atoms with Gasteiger partial charge in [0.1, 0.15) is 0 Å². The van der Waals surface area contributed by atoms with E-state index in [1.54, 1.807) is 0 Å². The fourth-order valence-electron chi connectivity index (χ4n) is 2.55. The van der Waals surface area contributed by atoms with E-state index in [-0.39, 0.29) is 17.6 Å². The van der Waals surface area contributed by atoms with E-state index in [0.717, 1.165) is 25.0 Å². The lowest BCUT2D eigenvalue weighted by molar-refractivity contribution is 0.0950. The number of sulfonamides is 1. The molecule has 3 rings (SSSR count). The van der Waals surface area contributed by atoms with E-state index in [2.05, 4.69) is 10.0 Å². The van der Waals surface area contributed by atoms with Crippen LogP contribution in [0.4, 0.5) is 14.5 Å². The molecular weight excluding hydrogens is 376 g/mol. The van der Waals surface area contributed by atoms with Crippen molar-refractivity contribution in [3.8, 4) is 0 Å². The van der Waals surface area contributed by atoms with Gasteiger partial charge in [-0.15, -0.1) is 0 Å². The first-order valence-corrected chi connectivity index (χ1v) is 9.86. The Balaban J connectivity index is 1.64. The quantitative estimate of drug-likeness (QED) is 0.669. The van der Waals surface area contributed by atoms with Crippen LogP contribution in [0.3, 0.4) is 0 Å². The van der Waals surface area contributed by atoms with Gasteiger partial charge in [0.05, 0.1) is 4.90 Å². The van der Waals surface area contributed by atoms with Crippen molar-refractivity contribution < 1.29 is 22.0 Å². The molecule has 1 atom stereocenters. The summed E-state index contributed by atoms with van der Waals surface area (Å²) < 4.78 is 52.9. The zero-order chi connectivity index (χ0) is 19.6. The third-order valence-electron chi connectivity index (χ3n) is 4.33. The van der Waals surface area contributed by atoms with Crippen molar-refractivity contribution in [1.82, 2.24) is 5.32 Å². The Kier molecular flexibility index (Phi) is 5.43. The van der Waals surface area contributed by atoms with Crippen LogP contribution < -0.4 is 15.8 Å². The number of carbonyl (C=O) groups excluding carboxylic acids is 1. The molecule has 6 nitrogen and oxygen atoms in total. The monoisotopic (exact) mass is 395 g/mol. The van der Waals surface area contributed by atoms with Crippen LogP contribution in [0.15, 0.2) is 47.4 Å². The number of anilines is 1. The van der Waals surface area contributed by atoms with E-state index >= 15 is 0 Å². The molecule has 0 aliphatic heterocycles. The highest BCUT2D eigenvalue weighted by Gasteiger charge is 2.28. The first-order valence-electron chi connectivity index (χ1n) is 8.38. The van der Waals surface area contributed by atoms with Crippen LogP contribution in [0.2, 0.25) is 0 Å². The lowest BCUT2D eigenvalue weighted by Gasteiger charge is -2.12. The van der Waals surface area contributed by atoms with Gasteiger partial charge in [0.25, 0.3) is 15.9 Å². The highest BCUT2D eigenvalue weighted by molar-refractivity contribution is 7.92. The summed E-state index contributed by atoms with van der Waals surface area (Å²) in [6, 6.07) is 7.98. The van der Waals surface area contributed by atoms with Crippen LogP contribution >= 0.6 is 0 Å². The molecule has 1 aliphatic carbocycles. The molecule has 1 amide bonds. The summed E-state index contributed by atoms with van der Waals surface area (Å²) >= 11 is 0. The fraction of sp³-hybridized carbons (Fsp3) is 0.278. The van der Waals surface area contributed by atoms with Crippen molar-refractivity contribution in [2.24, 2.45) is 11.7 Å². The number of hydrogen-bond donors (Lipinski definition) is 3. The predicted octanol–water partition coefficient (Wildman–Crippen LogP) is 2.23. The molecular formula is C18H19F2N3O3S. The molecule has 0 spiro atoms. The SMILES string of the molecule is NC(CNC(=O)c1ccc(NS(=O)(=O)c2ccc(F)c(F)c2)cc1)C1CC1. The number of rotatable bonds is 7. The number of halogens is 2. The Morgan fingerprint density at radius 1 is 1.11 bits per heavy atom. The molecule has 0 aromatic heterocycles. The lowest BCUT2D eigenvalue weighted by atomic mass is 10.1. The fourth-order valence-corrected chi connectivity index (χ4v) is 3.62. The Labute approximate surface area is 155 Å².